The molecule has 1 aliphatic heterocycles. The van der Waals surface area contributed by atoms with Crippen LogP contribution in [0.4, 0.5) is 0 Å². The Bertz CT molecular complexity index is 576. The zero-order valence-corrected chi connectivity index (χ0v) is 17.2. The molecule has 0 aliphatic carbocycles. The van der Waals surface area contributed by atoms with Crippen molar-refractivity contribution in [2.45, 2.75) is 54.1 Å². The van der Waals surface area contributed by atoms with Crippen LogP contribution in [-0.4, -0.2) is 43.2 Å². The third kappa shape index (κ3) is 6.19. The van der Waals surface area contributed by atoms with E-state index in [2.05, 4.69) is 18.7 Å². The van der Waals surface area contributed by atoms with E-state index in [-0.39, 0.29) is 24.5 Å². The Morgan fingerprint density at radius 1 is 1.24 bits per heavy atom. The lowest BCUT2D eigenvalue weighted by Gasteiger charge is -2.19. The molecule has 0 saturated carbocycles. The summed E-state index contributed by atoms with van der Waals surface area (Å²) in [5.41, 5.74) is 2.84. The Kier molecular flexibility index (Phi) is 7.76. The number of hydrogen-bond donors (Lipinski definition) is 0. The molecule has 1 heterocycles. The molecule has 0 N–H and O–H groups in total. The molecular formula is C20H32ClNO3. The zero-order chi connectivity index (χ0) is 17.9. The Morgan fingerprint density at radius 2 is 1.84 bits per heavy atom. The van der Waals surface area contributed by atoms with Gasteiger partial charge in [0.1, 0.15) is 12.4 Å². The number of rotatable bonds is 6. The summed E-state index contributed by atoms with van der Waals surface area (Å²) >= 11 is 0. The summed E-state index contributed by atoms with van der Waals surface area (Å²) in [6.07, 6.45) is 1.32. The fourth-order valence-corrected chi connectivity index (χ4v) is 3.34. The normalized spacial score (nSPS) is 16.6. The molecule has 1 aromatic rings. The SMILES string of the molecule is Cc1cc(OC(C)C)cc(C)c1C(=O)OCCN1CCC(C)(C)C1.Cl. The highest BCUT2D eigenvalue weighted by Gasteiger charge is 2.28. The molecule has 0 bridgehead atoms. The molecule has 1 aliphatic rings. The van der Waals surface area contributed by atoms with Gasteiger partial charge in [-0.1, -0.05) is 13.8 Å². The molecule has 0 amide bonds. The van der Waals surface area contributed by atoms with Crippen LogP contribution in [0.2, 0.25) is 0 Å². The molecule has 25 heavy (non-hydrogen) atoms. The summed E-state index contributed by atoms with van der Waals surface area (Å²) < 4.78 is 11.2. The average Bonchev–Trinajstić information content (AvgIpc) is 2.76. The van der Waals surface area contributed by atoms with Crippen LogP contribution in [0.1, 0.15) is 55.6 Å². The van der Waals surface area contributed by atoms with Crippen LogP contribution in [-0.2, 0) is 4.74 Å². The predicted octanol–water partition coefficient (Wildman–Crippen LogP) is 4.40. The summed E-state index contributed by atoms with van der Waals surface area (Å²) in [6, 6.07) is 3.82. The van der Waals surface area contributed by atoms with Crippen molar-refractivity contribution in [3.8, 4) is 5.75 Å². The van der Waals surface area contributed by atoms with Crippen LogP contribution in [0.5, 0.6) is 5.75 Å². The summed E-state index contributed by atoms with van der Waals surface area (Å²) in [4.78, 5) is 14.8. The van der Waals surface area contributed by atoms with Gasteiger partial charge in [-0.05, 0) is 69.3 Å². The first-order chi connectivity index (χ1) is 11.2. The number of esters is 1. The number of aryl methyl sites for hydroxylation is 2. The van der Waals surface area contributed by atoms with E-state index in [4.69, 9.17) is 9.47 Å². The van der Waals surface area contributed by atoms with Gasteiger partial charge in [0.2, 0.25) is 0 Å². The van der Waals surface area contributed by atoms with Crippen molar-refractivity contribution >= 4 is 18.4 Å². The number of halogens is 1. The molecule has 4 nitrogen and oxygen atoms in total. The molecule has 0 aromatic heterocycles. The Balaban J connectivity index is 0.00000312. The highest BCUT2D eigenvalue weighted by atomic mass is 35.5. The van der Waals surface area contributed by atoms with Crippen LogP contribution >= 0.6 is 12.4 Å². The lowest BCUT2D eigenvalue weighted by molar-refractivity contribution is 0.0467. The maximum absolute atomic E-state index is 12.4. The minimum absolute atomic E-state index is 0. The van der Waals surface area contributed by atoms with Crippen molar-refractivity contribution in [1.29, 1.82) is 0 Å². The van der Waals surface area contributed by atoms with E-state index in [1.165, 1.54) is 6.42 Å². The smallest absolute Gasteiger partial charge is 0.338 e. The Labute approximate surface area is 158 Å². The minimum atomic E-state index is -0.237. The molecule has 1 aromatic carbocycles. The van der Waals surface area contributed by atoms with E-state index in [1.807, 2.05) is 39.8 Å². The molecule has 5 heteroatoms. The molecule has 0 radical (unpaired) electrons. The third-order valence-corrected chi connectivity index (χ3v) is 4.48. The van der Waals surface area contributed by atoms with Crippen molar-refractivity contribution in [3.63, 3.8) is 0 Å². The van der Waals surface area contributed by atoms with Crippen molar-refractivity contribution in [2.75, 3.05) is 26.2 Å². The van der Waals surface area contributed by atoms with Gasteiger partial charge in [0.25, 0.3) is 0 Å². The molecule has 142 valence electrons. The van der Waals surface area contributed by atoms with Gasteiger partial charge in [-0.2, -0.15) is 0 Å². The standard InChI is InChI=1S/C20H31NO3.ClH/c1-14(2)24-17-11-15(3)18(16(4)12-17)19(22)23-10-9-21-8-7-20(5,6)13-21;/h11-12,14H,7-10,13H2,1-6H3;1H. The molecule has 2 rings (SSSR count). The lowest BCUT2D eigenvalue weighted by Crippen LogP contribution is -2.28. The first-order valence-electron chi connectivity index (χ1n) is 8.85. The summed E-state index contributed by atoms with van der Waals surface area (Å²) in [5.74, 6) is 0.565. The number of hydrogen-bond acceptors (Lipinski definition) is 4. The van der Waals surface area contributed by atoms with Gasteiger partial charge in [0.15, 0.2) is 0 Å². The van der Waals surface area contributed by atoms with Crippen molar-refractivity contribution < 1.29 is 14.3 Å². The third-order valence-electron chi connectivity index (χ3n) is 4.48. The van der Waals surface area contributed by atoms with E-state index in [0.717, 1.165) is 36.5 Å². The topological polar surface area (TPSA) is 38.8 Å². The second-order valence-electron chi connectivity index (χ2n) is 7.92. The summed E-state index contributed by atoms with van der Waals surface area (Å²) in [5, 5.41) is 0. The van der Waals surface area contributed by atoms with Crippen LogP contribution in [0.3, 0.4) is 0 Å². The zero-order valence-electron chi connectivity index (χ0n) is 16.3. The molecule has 0 spiro atoms. The number of carbonyl (C=O) groups is 1. The van der Waals surface area contributed by atoms with Crippen molar-refractivity contribution in [3.05, 3.63) is 28.8 Å². The molecule has 1 fully saturated rings. The van der Waals surface area contributed by atoms with Gasteiger partial charge in [0.05, 0.1) is 11.7 Å². The highest BCUT2D eigenvalue weighted by Crippen LogP contribution is 2.28. The summed E-state index contributed by atoms with van der Waals surface area (Å²) in [6.45, 7) is 15.8. The van der Waals surface area contributed by atoms with Crippen molar-refractivity contribution in [1.82, 2.24) is 4.90 Å². The maximum Gasteiger partial charge on any atom is 0.338 e. The minimum Gasteiger partial charge on any atom is -0.491 e. The van der Waals surface area contributed by atoms with Crippen LogP contribution in [0, 0.1) is 19.3 Å². The van der Waals surface area contributed by atoms with Gasteiger partial charge in [-0.3, -0.25) is 4.90 Å². The largest absolute Gasteiger partial charge is 0.491 e. The van der Waals surface area contributed by atoms with E-state index >= 15 is 0 Å². The number of likely N-dealkylation sites (tertiary alicyclic amines) is 1. The second kappa shape index (κ2) is 8.91. The fourth-order valence-electron chi connectivity index (χ4n) is 3.34. The average molecular weight is 370 g/mol. The first-order valence-corrected chi connectivity index (χ1v) is 8.85. The van der Waals surface area contributed by atoms with E-state index in [1.54, 1.807) is 0 Å². The van der Waals surface area contributed by atoms with Crippen molar-refractivity contribution in [2.24, 2.45) is 5.41 Å². The highest BCUT2D eigenvalue weighted by molar-refractivity contribution is 5.93. The lowest BCUT2D eigenvalue weighted by atomic mass is 9.93. The van der Waals surface area contributed by atoms with Crippen LogP contribution in [0.15, 0.2) is 12.1 Å². The molecule has 0 atom stereocenters. The molecule has 0 unspecified atom stereocenters. The van der Waals surface area contributed by atoms with E-state index in [0.29, 0.717) is 17.6 Å². The van der Waals surface area contributed by atoms with Gasteiger partial charge >= 0.3 is 5.97 Å². The number of benzene rings is 1. The van der Waals surface area contributed by atoms with E-state index < -0.39 is 0 Å². The quantitative estimate of drug-likeness (QED) is 0.696. The maximum atomic E-state index is 12.4. The van der Waals surface area contributed by atoms with Crippen LogP contribution < -0.4 is 4.74 Å². The second-order valence-corrected chi connectivity index (χ2v) is 7.92. The first kappa shape index (κ1) is 21.8. The Hall–Kier alpha value is -1.26. The van der Waals surface area contributed by atoms with Gasteiger partial charge in [-0.25, -0.2) is 4.79 Å². The predicted molar refractivity (Wildman–Crippen MR) is 104 cm³/mol. The number of carbonyl (C=O) groups excluding carboxylic acids is 1. The molecular weight excluding hydrogens is 338 g/mol. The van der Waals surface area contributed by atoms with E-state index in [9.17, 15) is 4.79 Å². The van der Waals surface area contributed by atoms with Gasteiger partial charge in [-0.15, -0.1) is 12.4 Å². The molecule has 1 saturated heterocycles. The number of nitrogens with zero attached hydrogens (tertiary/aromatic N) is 1. The van der Waals surface area contributed by atoms with Gasteiger partial charge < -0.3 is 9.47 Å². The number of ether oxygens (including phenoxy) is 2. The Morgan fingerprint density at radius 3 is 2.32 bits per heavy atom. The van der Waals surface area contributed by atoms with Crippen LogP contribution in [0.25, 0.3) is 0 Å². The van der Waals surface area contributed by atoms with Gasteiger partial charge in [0, 0.05) is 13.1 Å². The monoisotopic (exact) mass is 369 g/mol. The summed E-state index contributed by atoms with van der Waals surface area (Å²) in [7, 11) is 0. The fraction of sp³-hybridized carbons (Fsp3) is 0.650.